The van der Waals surface area contributed by atoms with E-state index in [1.807, 2.05) is 13.8 Å². The molecule has 1 aliphatic heterocycles. The standard InChI is InChI=1S/C12H16O4.C7H8O2.C3H8/c1-2-3-8-10(15)6-16-11-5-7(13)4-9(14)12(8)11;1-5-2-3-6(8)7(9)4-5;1-3-2/h4-5,8,10,13-15H,2-3,6H2,1H3;2-4,8-9H,1H3;3H2,1-2H3. The van der Waals surface area contributed by atoms with Crippen LogP contribution in [0.3, 0.4) is 0 Å². The summed E-state index contributed by atoms with van der Waals surface area (Å²) in [5, 5.41) is 46.6. The Kier molecular flexibility index (Phi) is 9.45. The van der Waals surface area contributed by atoms with Crippen molar-refractivity contribution < 1.29 is 30.3 Å². The van der Waals surface area contributed by atoms with Gasteiger partial charge in [-0.1, -0.05) is 39.7 Å². The first-order valence-corrected chi connectivity index (χ1v) is 9.60. The molecule has 0 saturated carbocycles. The van der Waals surface area contributed by atoms with Crippen LogP contribution in [0.15, 0.2) is 30.3 Å². The summed E-state index contributed by atoms with van der Waals surface area (Å²) >= 11 is 0. The van der Waals surface area contributed by atoms with E-state index in [4.69, 9.17) is 14.9 Å². The van der Waals surface area contributed by atoms with Gasteiger partial charge in [0.1, 0.15) is 23.9 Å². The summed E-state index contributed by atoms with van der Waals surface area (Å²) in [7, 11) is 0. The van der Waals surface area contributed by atoms with Gasteiger partial charge in [0.2, 0.25) is 0 Å². The van der Waals surface area contributed by atoms with E-state index < -0.39 is 6.10 Å². The lowest BCUT2D eigenvalue weighted by atomic mass is 9.86. The number of phenols is 4. The molecule has 1 heterocycles. The zero-order chi connectivity index (χ0) is 21.3. The topological polar surface area (TPSA) is 110 Å². The lowest BCUT2D eigenvalue weighted by Crippen LogP contribution is -2.30. The van der Waals surface area contributed by atoms with Gasteiger partial charge in [-0.2, -0.15) is 0 Å². The number of hydrogen-bond acceptors (Lipinski definition) is 6. The highest BCUT2D eigenvalue weighted by molar-refractivity contribution is 5.52. The van der Waals surface area contributed by atoms with Crippen molar-refractivity contribution in [3.8, 4) is 28.7 Å². The van der Waals surface area contributed by atoms with E-state index in [1.165, 1.54) is 30.7 Å². The van der Waals surface area contributed by atoms with Gasteiger partial charge in [0.25, 0.3) is 0 Å². The number of aliphatic hydroxyl groups excluding tert-OH is 1. The lowest BCUT2D eigenvalue weighted by Gasteiger charge is -2.30. The summed E-state index contributed by atoms with van der Waals surface area (Å²) in [6.45, 7) is 8.33. The smallest absolute Gasteiger partial charge is 0.157 e. The summed E-state index contributed by atoms with van der Waals surface area (Å²) < 4.78 is 5.30. The van der Waals surface area contributed by atoms with E-state index in [1.54, 1.807) is 6.07 Å². The van der Waals surface area contributed by atoms with Crippen LogP contribution in [0, 0.1) is 6.92 Å². The molecule has 2 aromatic carbocycles. The molecule has 0 spiro atoms. The average molecular weight is 392 g/mol. The Morgan fingerprint density at radius 1 is 0.929 bits per heavy atom. The molecule has 0 radical (unpaired) electrons. The van der Waals surface area contributed by atoms with Crippen LogP contribution in [0.4, 0.5) is 0 Å². The molecule has 156 valence electrons. The molecule has 0 bridgehead atoms. The fourth-order valence-electron chi connectivity index (χ4n) is 2.85. The van der Waals surface area contributed by atoms with E-state index in [-0.39, 0.29) is 35.5 Å². The van der Waals surface area contributed by atoms with Crippen molar-refractivity contribution in [3.05, 3.63) is 41.5 Å². The second-order valence-electron chi connectivity index (χ2n) is 6.85. The van der Waals surface area contributed by atoms with Crippen molar-refractivity contribution in [2.24, 2.45) is 0 Å². The number of benzene rings is 2. The fraction of sp³-hybridized carbons (Fsp3) is 0.455. The van der Waals surface area contributed by atoms with Crippen molar-refractivity contribution in [2.45, 2.75) is 59.0 Å². The Labute approximate surface area is 166 Å². The molecule has 0 saturated heterocycles. The molecule has 6 nitrogen and oxygen atoms in total. The van der Waals surface area contributed by atoms with Crippen LogP contribution in [0.2, 0.25) is 0 Å². The first kappa shape index (κ1) is 23.4. The first-order chi connectivity index (χ1) is 13.2. The van der Waals surface area contributed by atoms with Crippen LogP contribution in [-0.4, -0.2) is 38.2 Å². The van der Waals surface area contributed by atoms with Gasteiger partial charge in [-0.05, 0) is 31.0 Å². The normalized spacial score (nSPS) is 17.2. The van der Waals surface area contributed by atoms with Gasteiger partial charge < -0.3 is 30.3 Å². The molecule has 2 aromatic rings. The average Bonchev–Trinajstić information content (AvgIpc) is 2.62. The summed E-state index contributed by atoms with van der Waals surface area (Å²) in [6, 6.07) is 7.46. The van der Waals surface area contributed by atoms with Gasteiger partial charge in [0.05, 0.1) is 6.10 Å². The van der Waals surface area contributed by atoms with Crippen LogP contribution in [-0.2, 0) is 0 Å². The summed E-state index contributed by atoms with van der Waals surface area (Å²) in [4.78, 5) is 0. The summed E-state index contributed by atoms with van der Waals surface area (Å²) in [5.74, 6) is 0.196. The Morgan fingerprint density at radius 2 is 1.57 bits per heavy atom. The molecule has 28 heavy (non-hydrogen) atoms. The van der Waals surface area contributed by atoms with Crippen molar-refractivity contribution in [2.75, 3.05) is 6.61 Å². The molecule has 3 rings (SSSR count). The number of ether oxygens (including phenoxy) is 1. The first-order valence-electron chi connectivity index (χ1n) is 9.60. The van der Waals surface area contributed by atoms with Crippen molar-refractivity contribution in [1.29, 1.82) is 0 Å². The highest BCUT2D eigenvalue weighted by Gasteiger charge is 2.31. The number of aliphatic hydroxyl groups is 1. The van der Waals surface area contributed by atoms with Crippen LogP contribution in [0.25, 0.3) is 0 Å². The third-order valence-corrected chi connectivity index (χ3v) is 4.08. The molecule has 6 heteroatoms. The number of hydrogen-bond donors (Lipinski definition) is 5. The third-order valence-electron chi connectivity index (χ3n) is 4.08. The van der Waals surface area contributed by atoms with Crippen LogP contribution >= 0.6 is 0 Å². The number of phenolic OH excluding ortho intramolecular Hbond substituents is 4. The van der Waals surface area contributed by atoms with Crippen LogP contribution in [0.1, 0.15) is 57.1 Å². The second kappa shape index (κ2) is 11.3. The molecule has 0 aromatic heterocycles. The Balaban J connectivity index is 0.000000276. The fourth-order valence-corrected chi connectivity index (χ4v) is 2.85. The molecule has 2 unspecified atom stereocenters. The predicted octanol–water partition coefficient (Wildman–Crippen LogP) is 4.56. The zero-order valence-corrected chi connectivity index (χ0v) is 17.0. The Morgan fingerprint density at radius 3 is 2.11 bits per heavy atom. The maximum atomic E-state index is 9.84. The van der Waals surface area contributed by atoms with Crippen LogP contribution in [0.5, 0.6) is 28.7 Å². The number of fused-ring (bicyclic) bond motifs is 1. The van der Waals surface area contributed by atoms with Crippen molar-refractivity contribution in [3.63, 3.8) is 0 Å². The molecule has 1 aliphatic rings. The highest BCUT2D eigenvalue weighted by Crippen LogP contribution is 2.44. The van der Waals surface area contributed by atoms with E-state index in [0.717, 1.165) is 18.4 Å². The zero-order valence-electron chi connectivity index (χ0n) is 17.0. The maximum Gasteiger partial charge on any atom is 0.157 e. The molecule has 0 aliphatic carbocycles. The molecule has 2 atom stereocenters. The van der Waals surface area contributed by atoms with Gasteiger partial charge in [0.15, 0.2) is 11.5 Å². The monoisotopic (exact) mass is 392 g/mol. The molecule has 0 fully saturated rings. The minimum atomic E-state index is -0.595. The maximum absolute atomic E-state index is 9.84. The largest absolute Gasteiger partial charge is 0.508 e. The minimum absolute atomic E-state index is 0.00722. The molecular weight excluding hydrogens is 360 g/mol. The van der Waals surface area contributed by atoms with Crippen molar-refractivity contribution in [1.82, 2.24) is 0 Å². The van der Waals surface area contributed by atoms with E-state index in [9.17, 15) is 15.3 Å². The molecule has 0 amide bonds. The van der Waals surface area contributed by atoms with Crippen LogP contribution < -0.4 is 4.74 Å². The molecule has 5 N–H and O–H groups in total. The van der Waals surface area contributed by atoms with Gasteiger partial charge in [-0.25, -0.2) is 0 Å². The highest BCUT2D eigenvalue weighted by atomic mass is 16.5. The third kappa shape index (κ3) is 6.53. The van der Waals surface area contributed by atoms with Gasteiger partial charge >= 0.3 is 0 Å². The quantitative estimate of drug-likeness (QED) is 0.479. The number of aryl methyl sites for hydroxylation is 1. The van der Waals surface area contributed by atoms with Crippen molar-refractivity contribution >= 4 is 0 Å². The van der Waals surface area contributed by atoms with Gasteiger partial charge in [-0.3, -0.25) is 0 Å². The Bertz CT molecular complexity index is 744. The number of aromatic hydroxyl groups is 4. The number of rotatable bonds is 2. The van der Waals surface area contributed by atoms with E-state index in [2.05, 4.69) is 13.8 Å². The Hall–Kier alpha value is -2.60. The van der Waals surface area contributed by atoms with E-state index >= 15 is 0 Å². The minimum Gasteiger partial charge on any atom is -0.508 e. The summed E-state index contributed by atoms with van der Waals surface area (Å²) in [5.41, 5.74) is 1.55. The van der Waals surface area contributed by atoms with Gasteiger partial charge in [-0.15, -0.1) is 0 Å². The van der Waals surface area contributed by atoms with Gasteiger partial charge in [0, 0.05) is 23.6 Å². The predicted molar refractivity (Wildman–Crippen MR) is 109 cm³/mol. The second-order valence-corrected chi connectivity index (χ2v) is 6.85. The van der Waals surface area contributed by atoms with E-state index in [0.29, 0.717) is 11.3 Å². The summed E-state index contributed by atoms with van der Waals surface area (Å²) in [6.07, 6.45) is 2.36. The lowest BCUT2D eigenvalue weighted by molar-refractivity contribution is 0.0615. The SMILES string of the molecule is CCC.CCCC1c2c(O)cc(O)cc2OCC1O.Cc1ccc(O)c(O)c1. The molecular formula is C22H32O6.